The summed E-state index contributed by atoms with van der Waals surface area (Å²) >= 11 is 0. The summed E-state index contributed by atoms with van der Waals surface area (Å²) in [7, 11) is 0. The number of nitrogens with zero attached hydrogens (tertiary/aromatic N) is 2. The van der Waals surface area contributed by atoms with Gasteiger partial charge in [0.25, 0.3) is 0 Å². The molecular weight excluding hydrogens is 138 g/mol. The largest absolute Gasteiger partial charge is 0.312 e. The molecule has 0 aliphatic rings. The van der Waals surface area contributed by atoms with Crippen molar-refractivity contribution in [2.24, 2.45) is 5.73 Å². The van der Waals surface area contributed by atoms with E-state index in [4.69, 9.17) is 5.73 Å². The summed E-state index contributed by atoms with van der Waals surface area (Å²) in [5.74, 6) is 0. The Hall–Kier alpha value is -1.35. The fourth-order valence-electron chi connectivity index (χ4n) is 1.11. The van der Waals surface area contributed by atoms with Crippen LogP contribution < -0.4 is 5.73 Å². The van der Waals surface area contributed by atoms with Gasteiger partial charge in [-0.1, -0.05) is 18.2 Å². The third kappa shape index (κ3) is 0.991. The SMILES string of the molecule is NCn1cc2ccccc2n1. The molecule has 0 radical (unpaired) electrons. The van der Waals surface area contributed by atoms with Crippen molar-refractivity contribution in [2.75, 3.05) is 0 Å². The fraction of sp³-hybridized carbons (Fsp3) is 0.125. The molecule has 56 valence electrons. The van der Waals surface area contributed by atoms with Crippen molar-refractivity contribution < 1.29 is 0 Å². The van der Waals surface area contributed by atoms with E-state index in [2.05, 4.69) is 5.10 Å². The Bertz CT molecular complexity index is 331. The van der Waals surface area contributed by atoms with Crippen molar-refractivity contribution in [1.82, 2.24) is 9.78 Å². The smallest absolute Gasteiger partial charge is 0.0923 e. The lowest BCUT2D eigenvalue weighted by Gasteiger charge is -1.88. The van der Waals surface area contributed by atoms with Gasteiger partial charge < -0.3 is 5.73 Å². The fourth-order valence-corrected chi connectivity index (χ4v) is 1.11. The first-order chi connectivity index (χ1) is 5.40. The molecule has 0 saturated heterocycles. The average Bonchev–Trinajstić information content (AvgIpc) is 2.46. The van der Waals surface area contributed by atoms with Gasteiger partial charge in [0, 0.05) is 11.6 Å². The van der Waals surface area contributed by atoms with E-state index >= 15 is 0 Å². The van der Waals surface area contributed by atoms with Crippen LogP contribution in [0.15, 0.2) is 30.5 Å². The summed E-state index contributed by atoms with van der Waals surface area (Å²) < 4.78 is 1.73. The van der Waals surface area contributed by atoms with Gasteiger partial charge in [-0.25, -0.2) is 0 Å². The molecule has 11 heavy (non-hydrogen) atoms. The number of benzene rings is 1. The first-order valence-corrected chi connectivity index (χ1v) is 3.52. The Morgan fingerprint density at radius 2 is 2.18 bits per heavy atom. The van der Waals surface area contributed by atoms with Gasteiger partial charge in [-0.05, 0) is 6.07 Å². The van der Waals surface area contributed by atoms with E-state index in [1.165, 1.54) is 0 Å². The first kappa shape index (κ1) is 6.37. The second kappa shape index (κ2) is 2.36. The van der Waals surface area contributed by atoms with Crippen LogP contribution >= 0.6 is 0 Å². The van der Waals surface area contributed by atoms with Gasteiger partial charge in [0.1, 0.15) is 0 Å². The van der Waals surface area contributed by atoms with Gasteiger partial charge in [-0.3, -0.25) is 4.68 Å². The summed E-state index contributed by atoms with van der Waals surface area (Å²) in [4.78, 5) is 0. The van der Waals surface area contributed by atoms with Gasteiger partial charge >= 0.3 is 0 Å². The highest BCUT2D eigenvalue weighted by atomic mass is 15.3. The molecule has 0 amide bonds. The van der Waals surface area contributed by atoms with E-state index < -0.39 is 0 Å². The lowest BCUT2D eigenvalue weighted by atomic mass is 10.3. The molecule has 0 bridgehead atoms. The van der Waals surface area contributed by atoms with E-state index in [-0.39, 0.29) is 0 Å². The lowest BCUT2D eigenvalue weighted by Crippen LogP contribution is -2.06. The Morgan fingerprint density at radius 1 is 1.36 bits per heavy atom. The number of rotatable bonds is 1. The summed E-state index contributed by atoms with van der Waals surface area (Å²) in [6.45, 7) is 0.439. The molecule has 3 nitrogen and oxygen atoms in total. The molecule has 3 heteroatoms. The maximum absolute atomic E-state index is 5.41. The van der Waals surface area contributed by atoms with Crippen molar-refractivity contribution in [3.63, 3.8) is 0 Å². The van der Waals surface area contributed by atoms with Crippen molar-refractivity contribution in [1.29, 1.82) is 0 Å². The molecule has 0 atom stereocenters. The molecule has 0 unspecified atom stereocenters. The molecule has 0 aliphatic heterocycles. The van der Waals surface area contributed by atoms with Crippen LogP contribution in [0.3, 0.4) is 0 Å². The van der Waals surface area contributed by atoms with Crippen LogP contribution in [0, 0.1) is 0 Å². The van der Waals surface area contributed by atoms with E-state index in [0.29, 0.717) is 6.67 Å². The number of hydrogen-bond donors (Lipinski definition) is 1. The Morgan fingerprint density at radius 3 is 2.91 bits per heavy atom. The maximum Gasteiger partial charge on any atom is 0.0923 e. The summed E-state index contributed by atoms with van der Waals surface area (Å²) in [5.41, 5.74) is 6.41. The highest BCUT2D eigenvalue weighted by molar-refractivity contribution is 5.77. The molecule has 1 aromatic heterocycles. The standard InChI is InChI=1S/C8H9N3/c9-6-11-5-7-3-1-2-4-8(7)10-11/h1-5H,6,9H2. The second-order valence-electron chi connectivity index (χ2n) is 2.41. The maximum atomic E-state index is 5.41. The quantitative estimate of drug-likeness (QED) is 0.652. The van der Waals surface area contributed by atoms with Crippen LogP contribution in [0.4, 0.5) is 0 Å². The minimum Gasteiger partial charge on any atom is -0.312 e. The summed E-state index contributed by atoms with van der Waals surface area (Å²) in [6.07, 6.45) is 1.94. The molecule has 1 heterocycles. The minimum atomic E-state index is 0.439. The van der Waals surface area contributed by atoms with E-state index in [0.717, 1.165) is 10.9 Å². The Balaban J connectivity index is 2.69. The zero-order valence-corrected chi connectivity index (χ0v) is 6.07. The monoisotopic (exact) mass is 147 g/mol. The summed E-state index contributed by atoms with van der Waals surface area (Å²) in [6, 6.07) is 7.96. The zero-order chi connectivity index (χ0) is 7.68. The molecule has 2 rings (SSSR count). The van der Waals surface area contributed by atoms with Gasteiger partial charge in [0.05, 0.1) is 12.2 Å². The van der Waals surface area contributed by atoms with Gasteiger partial charge in [-0.2, -0.15) is 5.10 Å². The summed E-state index contributed by atoms with van der Waals surface area (Å²) in [5, 5.41) is 5.36. The molecule has 2 N–H and O–H groups in total. The number of fused-ring (bicyclic) bond motifs is 1. The van der Waals surface area contributed by atoms with Crippen LogP contribution in [0.1, 0.15) is 0 Å². The number of hydrogen-bond acceptors (Lipinski definition) is 2. The molecule has 0 aliphatic carbocycles. The first-order valence-electron chi connectivity index (χ1n) is 3.52. The van der Waals surface area contributed by atoms with Crippen LogP contribution in [-0.2, 0) is 6.67 Å². The van der Waals surface area contributed by atoms with Crippen molar-refractivity contribution in [3.05, 3.63) is 30.5 Å². The molecule has 1 aromatic carbocycles. The van der Waals surface area contributed by atoms with Crippen molar-refractivity contribution in [2.45, 2.75) is 6.67 Å². The molecule has 0 fully saturated rings. The highest BCUT2D eigenvalue weighted by Gasteiger charge is 1.95. The Labute approximate surface area is 64.4 Å². The molecule has 0 spiro atoms. The predicted octanol–water partition coefficient (Wildman–Crippen LogP) is 0.952. The van der Waals surface area contributed by atoms with Crippen LogP contribution in [0.5, 0.6) is 0 Å². The second-order valence-corrected chi connectivity index (χ2v) is 2.41. The topological polar surface area (TPSA) is 43.8 Å². The minimum absolute atomic E-state index is 0.439. The average molecular weight is 147 g/mol. The van der Waals surface area contributed by atoms with E-state index in [9.17, 15) is 0 Å². The van der Waals surface area contributed by atoms with Crippen LogP contribution in [0.25, 0.3) is 10.9 Å². The van der Waals surface area contributed by atoms with Crippen LogP contribution in [-0.4, -0.2) is 9.78 Å². The number of nitrogens with two attached hydrogens (primary N) is 1. The highest BCUT2D eigenvalue weighted by Crippen LogP contribution is 2.09. The lowest BCUT2D eigenvalue weighted by molar-refractivity contribution is 0.645. The molecule has 2 aromatic rings. The van der Waals surface area contributed by atoms with E-state index in [1.807, 2.05) is 30.5 Å². The van der Waals surface area contributed by atoms with Gasteiger partial charge in [0.2, 0.25) is 0 Å². The third-order valence-corrected chi connectivity index (χ3v) is 1.65. The number of aromatic nitrogens is 2. The van der Waals surface area contributed by atoms with E-state index in [1.54, 1.807) is 4.68 Å². The Kier molecular flexibility index (Phi) is 1.36. The van der Waals surface area contributed by atoms with Gasteiger partial charge in [0.15, 0.2) is 0 Å². The normalized spacial score (nSPS) is 10.6. The zero-order valence-electron chi connectivity index (χ0n) is 6.07. The molecular formula is C8H9N3. The van der Waals surface area contributed by atoms with Gasteiger partial charge in [-0.15, -0.1) is 0 Å². The van der Waals surface area contributed by atoms with Crippen LogP contribution in [0.2, 0.25) is 0 Å². The predicted molar refractivity (Wildman–Crippen MR) is 43.9 cm³/mol. The molecule has 0 saturated carbocycles. The van der Waals surface area contributed by atoms with Crippen molar-refractivity contribution >= 4 is 10.9 Å². The van der Waals surface area contributed by atoms with Crippen molar-refractivity contribution in [3.8, 4) is 0 Å². The third-order valence-electron chi connectivity index (χ3n) is 1.65.